The molecule has 138 valence electrons. The molecule has 25 heavy (non-hydrogen) atoms. The number of rotatable bonds is 5. The van der Waals surface area contributed by atoms with E-state index < -0.39 is 18.1 Å². The molecule has 1 fully saturated rings. The lowest BCUT2D eigenvalue weighted by Gasteiger charge is -2.26. The number of aromatic nitrogens is 3. The molecular formula is C15H23N5O5. The normalized spacial score (nSPS) is 18.1. The van der Waals surface area contributed by atoms with Gasteiger partial charge in [-0.3, -0.25) is 4.79 Å². The molecule has 0 saturated carbocycles. The lowest BCUT2D eigenvalue weighted by molar-refractivity contribution is -0.133. The summed E-state index contributed by atoms with van der Waals surface area (Å²) in [7, 11) is 2.53. The van der Waals surface area contributed by atoms with Crippen molar-refractivity contribution in [2.45, 2.75) is 32.4 Å². The number of alkyl carbamates (subject to hydrolysis) is 1. The van der Waals surface area contributed by atoms with Crippen molar-refractivity contribution in [3.63, 3.8) is 0 Å². The fourth-order valence-corrected chi connectivity index (χ4v) is 2.71. The van der Waals surface area contributed by atoms with Gasteiger partial charge in [-0.1, -0.05) is 19.1 Å². The third-order valence-corrected chi connectivity index (χ3v) is 4.15. The zero-order valence-corrected chi connectivity index (χ0v) is 14.8. The predicted octanol–water partition coefficient (Wildman–Crippen LogP) is 0.219. The number of hydrogen-bond donors (Lipinski definition) is 1. The maximum Gasteiger partial charge on any atom is 0.407 e. The fraction of sp³-hybridized carbons (Fsp3) is 0.667. The highest BCUT2D eigenvalue weighted by atomic mass is 16.5. The van der Waals surface area contributed by atoms with E-state index in [1.165, 1.54) is 20.4 Å². The highest BCUT2D eigenvalue weighted by Gasteiger charge is 2.34. The molecule has 10 heteroatoms. The molecule has 1 aromatic rings. The van der Waals surface area contributed by atoms with Gasteiger partial charge in [-0.05, 0) is 12.3 Å². The summed E-state index contributed by atoms with van der Waals surface area (Å²) in [5.74, 6) is -0.807. The van der Waals surface area contributed by atoms with Crippen LogP contribution in [0.15, 0.2) is 6.20 Å². The highest BCUT2D eigenvalue weighted by Crippen LogP contribution is 2.22. The van der Waals surface area contributed by atoms with Crippen LogP contribution in [-0.2, 0) is 14.3 Å². The van der Waals surface area contributed by atoms with Crippen LogP contribution in [0.5, 0.6) is 0 Å². The first-order valence-corrected chi connectivity index (χ1v) is 8.00. The summed E-state index contributed by atoms with van der Waals surface area (Å²) >= 11 is 0. The van der Waals surface area contributed by atoms with Crippen LogP contribution in [0.4, 0.5) is 4.79 Å². The first kappa shape index (κ1) is 18.7. The third-order valence-electron chi connectivity index (χ3n) is 4.15. The van der Waals surface area contributed by atoms with Crippen molar-refractivity contribution in [1.82, 2.24) is 25.2 Å². The number of carbonyl (C=O) groups is 3. The Kier molecular flexibility index (Phi) is 5.94. The van der Waals surface area contributed by atoms with E-state index in [2.05, 4.69) is 25.1 Å². The average molecular weight is 353 g/mol. The Bertz CT molecular complexity index is 644. The van der Waals surface area contributed by atoms with Crippen molar-refractivity contribution in [3.8, 4) is 0 Å². The molecule has 1 aromatic heterocycles. The number of carbonyl (C=O) groups excluding carboxylic acids is 3. The molecule has 0 radical (unpaired) electrons. The number of esters is 1. The molecule has 2 rings (SSSR count). The lowest BCUT2D eigenvalue weighted by atomic mass is 10.0. The second-order valence-electron chi connectivity index (χ2n) is 6.16. The summed E-state index contributed by atoms with van der Waals surface area (Å²) in [5, 5.41) is 10.3. The summed E-state index contributed by atoms with van der Waals surface area (Å²) in [6.45, 7) is 4.66. The van der Waals surface area contributed by atoms with E-state index >= 15 is 0 Å². The van der Waals surface area contributed by atoms with Gasteiger partial charge in [-0.15, -0.1) is 5.10 Å². The first-order chi connectivity index (χ1) is 11.9. The number of likely N-dealkylation sites (tertiary alicyclic amines) is 1. The van der Waals surface area contributed by atoms with E-state index in [4.69, 9.17) is 0 Å². The second kappa shape index (κ2) is 7.95. The standard InChI is InChI=1S/C15H23N5O5/c1-9(2)12(16-15(23)25-4)13(21)19-6-5-10(7-19)20-8-11(17-18-20)14(22)24-3/h8-10,12H,5-7H2,1-4H3,(H,16,23)/t10-,12-/m0/s1. The van der Waals surface area contributed by atoms with Gasteiger partial charge < -0.3 is 19.7 Å². The Hall–Kier alpha value is -2.65. The van der Waals surface area contributed by atoms with Crippen LogP contribution >= 0.6 is 0 Å². The molecule has 1 saturated heterocycles. The van der Waals surface area contributed by atoms with Gasteiger partial charge >= 0.3 is 12.1 Å². The summed E-state index contributed by atoms with van der Waals surface area (Å²) < 4.78 is 10.8. The highest BCUT2D eigenvalue weighted by molar-refractivity contribution is 5.87. The SMILES string of the molecule is COC(=O)N[C@H](C(=O)N1CC[C@H](n2cc(C(=O)OC)nn2)C1)C(C)C. The zero-order chi connectivity index (χ0) is 18.6. The van der Waals surface area contributed by atoms with Gasteiger partial charge in [0.05, 0.1) is 26.5 Å². The van der Waals surface area contributed by atoms with E-state index in [9.17, 15) is 14.4 Å². The molecule has 0 unspecified atom stereocenters. The van der Waals surface area contributed by atoms with Crippen LogP contribution in [0.3, 0.4) is 0 Å². The molecule has 0 aromatic carbocycles. The molecule has 1 N–H and O–H groups in total. The lowest BCUT2D eigenvalue weighted by Crippen LogP contribution is -2.50. The molecule has 1 aliphatic rings. The van der Waals surface area contributed by atoms with Gasteiger partial charge in [0.15, 0.2) is 5.69 Å². The van der Waals surface area contributed by atoms with Crippen LogP contribution < -0.4 is 5.32 Å². The number of nitrogens with zero attached hydrogens (tertiary/aromatic N) is 4. The second-order valence-corrected chi connectivity index (χ2v) is 6.16. The van der Waals surface area contributed by atoms with Gasteiger partial charge in [-0.25, -0.2) is 14.3 Å². The molecular weight excluding hydrogens is 330 g/mol. The maximum atomic E-state index is 12.7. The quantitative estimate of drug-likeness (QED) is 0.753. The molecule has 0 aliphatic carbocycles. The van der Waals surface area contributed by atoms with Crippen molar-refractivity contribution in [2.75, 3.05) is 27.3 Å². The maximum absolute atomic E-state index is 12.7. The minimum atomic E-state index is -0.660. The summed E-state index contributed by atoms with van der Waals surface area (Å²) in [6, 6.07) is -0.742. The molecule has 10 nitrogen and oxygen atoms in total. The third kappa shape index (κ3) is 4.25. The Labute approximate surface area is 145 Å². The summed E-state index contributed by atoms with van der Waals surface area (Å²) in [4.78, 5) is 37.3. The van der Waals surface area contributed by atoms with Crippen molar-refractivity contribution < 1.29 is 23.9 Å². The number of methoxy groups -OCH3 is 2. The Balaban J connectivity index is 2.03. The smallest absolute Gasteiger partial charge is 0.407 e. The Morgan fingerprint density at radius 2 is 2.00 bits per heavy atom. The minimum absolute atomic E-state index is 0.0806. The molecule has 0 spiro atoms. The largest absolute Gasteiger partial charge is 0.464 e. The molecule has 0 bridgehead atoms. The minimum Gasteiger partial charge on any atom is -0.464 e. The number of hydrogen-bond acceptors (Lipinski definition) is 7. The molecule has 2 atom stereocenters. The van der Waals surface area contributed by atoms with E-state index in [0.29, 0.717) is 19.5 Å². The summed E-state index contributed by atoms with van der Waals surface area (Å²) in [6.07, 6.45) is 1.55. The zero-order valence-electron chi connectivity index (χ0n) is 14.8. The van der Waals surface area contributed by atoms with Gasteiger partial charge in [0.25, 0.3) is 0 Å². The van der Waals surface area contributed by atoms with E-state index in [0.717, 1.165) is 0 Å². The number of nitrogens with one attached hydrogen (secondary N) is 1. The Morgan fingerprint density at radius 3 is 2.60 bits per heavy atom. The Morgan fingerprint density at radius 1 is 1.28 bits per heavy atom. The van der Waals surface area contributed by atoms with Crippen LogP contribution in [0.1, 0.15) is 36.8 Å². The van der Waals surface area contributed by atoms with E-state index in [-0.39, 0.29) is 23.6 Å². The van der Waals surface area contributed by atoms with Gasteiger partial charge in [-0.2, -0.15) is 0 Å². The van der Waals surface area contributed by atoms with Crippen LogP contribution in [0.2, 0.25) is 0 Å². The number of amides is 2. The van der Waals surface area contributed by atoms with Gasteiger partial charge in [0.1, 0.15) is 6.04 Å². The van der Waals surface area contributed by atoms with Gasteiger partial charge in [0.2, 0.25) is 5.91 Å². The van der Waals surface area contributed by atoms with Crippen molar-refractivity contribution in [3.05, 3.63) is 11.9 Å². The van der Waals surface area contributed by atoms with Crippen LogP contribution in [0.25, 0.3) is 0 Å². The fourth-order valence-electron chi connectivity index (χ4n) is 2.71. The number of ether oxygens (including phenoxy) is 2. The van der Waals surface area contributed by atoms with Crippen LogP contribution in [-0.4, -0.2) is 71.2 Å². The predicted molar refractivity (Wildman–Crippen MR) is 85.8 cm³/mol. The van der Waals surface area contributed by atoms with E-state index in [1.54, 1.807) is 9.58 Å². The summed E-state index contributed by atoms with van der Waals surface area (Å²) in [5.41, 5.74) is 0.125. The topological polar surface area (TPSA) is 116 Å². The average Bonchev–Trinajstić information content (AvgIpc) is 3.26. The molecule has 2 heterocycles. The van der Waals surface area contributed by atoms with Crippen LogP contribution in [0, 0.1) is 5.92 Å². The monoisotopic (exact) mass is 353 g/mol. The molecule has 1 aliphatic heterocycles. The van der Waals surface area contributed by atoms with E-state index in [1.807, 2.05) is 13.8 Å². The molecule has 2 amide bonds. The van der Waals surface area contributed by atoms with Crippen molar-refractivity contribution >= 4 is 18.0 Å². The van der Waals surface area contributed by atoms with Gasteiger partial charge in [0, 0.05) is 13.1 Å². The first-order valence-electron chi connectivity index (χ1n) is 8.00. The van der Waals surface area contributed by atoms with Crippen molar-refractivity contribution in [2.24, 2.45) is 5.92 Å². The van der Waals surface area contributed by atoms with Crippen molar-refractivity contribution in [1.29, 1.82) is 0 Å².